The van der Waals surface area contributed by atoms with Gasteiger partial charge < -0.3 is 25.4 Å². The highest BCUT2D eigenvalue weighted by Gasteiger charge is 2.21. The van der Waals surface area contributed by atoms with Crippen LogP contribution in [-0.4, -0.2) is 76.0 Å². The molecule has 3 N–H and O–H groups in total. The summed E-state index contributed by atoms with van der Waals surface area (Å²) < 4.78 is 6.99. The molecule has 43 heavy (non-hydrogen) atoms. The van der Waals surface area contributed by atoms with Gasteiger partial charge in [-0.1, -0.05) is 35.5 Å². The minimum atomic E-state index is -0.328. The second-order valence-corrected chi connectivity index (χ2v) is 10.3. The molecule has 0 radical (unpaired) electrons. The molecule has 0 unspecified atom stereocenters. The Morgan fingerprint density at radius 2 is 1.72 bits per heavy atom. The van der Waals surface area contributed by atoms with E-state index in [1.165, 1.54) is 7.11 Å². The van der Waals surface area contributed by atoms with Gasteiger partial charge in [0.15, 0.2) is 5.69 Å². The first-order chi connectivity index (χ1) is 20.9. The topological polar surface area (TPSA) is 139 Å². The molecule has 11 heteroatoms. The van der Waals surface area contributed by atoms with Gasteiger partial charge in [-0.2, -0.15) is 0 Å². The summed E-state index contributed by atoms with van der Waals surface area (Å²) in [5.41, 5.74) is 3.48. The molecule has 0 saturated heterocycles. The Balaban J connectivity index is 1.36. The molecular formula is C32H34N6O5. The van der Waals surface area contributed by atoms with Crippen molar-refractivity contribution < 1.29 is 24.2 Å². The number of aromatic hydroxyl groups is 1. The molecule has 0 spiro atoms. The van der Waals surface area contributed by atoms with E-state index in [0.717, 1.165) is 11.3 Å². The Kier molecular flexibility index (Phi) is 9.30. The van der Waals surface area contributed by atoms with Crippen LogP contribution in [-0.2, 0) is 11.2 Å². The predicted octanol–water partition coefficient (Wildman–Crippen LogP) is 3.36. The molecule has 11 nitrogen and oxygen atoms in total. The van der Waals surface area contributed by atoms with E-state index in [9.17, 15) is 19.5 Å². The molecule has 1 aromatic heterocycles. The number of hydrogen-bond acceptors (Lipinski definition) is 7. The van der Waals surface area contributed by atoms with Gasteiger partial charge in [0.1, 0.15) is 11.5 Å². The standard InChI is InChI=1S/C32H34N6O5/c1-43-29-13-11-23-20-26(29)31(41)34-15-6-18-37(32(42)27-21-38(36-35-27)24-7-3-2-4-8-24)17-5-9-30(40)33-16-14-22-10-12-28(39)25(23)19-22/h2-4,7-8,10-13,19-21,39H,5-6,9,14-18H2,1H3,(H,33,40)(H,34,41). The third-order valence-electron chi connectivity index (χ3n) is 7.29. The second-order valence-electron chi connectivity index (χ2n) is 10.3. The third kappa shape index (κ3) is 7.18. The van der Waals surface area contributed by atoms with Crippen molar-refractivity contribution in [3.8, 4) is 28.3 Å². The second kappa shape index (κ2) is 13.6. The van der Waals surface area contributed by atoms with Crippen LogP contribution in [0.15, 0.2) is 72.9 Å². The van der Waals surface area contributed by atoms with Crippen LogP contribution in [0.2, 0.25) is 0 Å². The van der Waals surface area contributed by atoms with E-state index in [1.54, 1.807) is 40.0 Å². The van der Waals surface area contributed by atoms with E-state index in [-0.39, 0.29) is 35.6 Å². The summed E-state index contributed by atoms with van der Waals surface area (Å²) in [7, 11) is 1.50. The summed E-state index contributed by atoms with van der Waals surface area (Å²) in [5, 5.41) is 24.6. The number of rotatable bonds is 3. The van der Waals surface area contributed by atoms with Gasteiger partial charge in [-0.3, -0.25) is 14.4 Å². The molecule has 0 saturated carbocycles. The Morgan fingerprint density at radius 1 is 0.907 bits per heavy atom. The molecule has 1 aliphatic rings. The van der Waals surface area contributed by atoms with Crippen LogP contribution in [0.1, 0.15) is 45.7 Å². The minimum Gasteiger partial charge on any atom is -0.507 e. The highest BCUT2D eigenvalue weighted by atomic mass is 16.5. The van der Waals surface area contributed by atoms with Crippen molar-refractivity contribution >= 4 is 17.7 Å². The number of para-hydroxylation sites is 1. The zero-order chi connectivity index (χ0) is 30.2. The Bertz CT molecular complexity index is 1600. The maximum absolute atomic E-state index is 13.5. The van der Waals surface area contributed by atoms with Crippen molar-refractivity contribution in [2.45, 2.75) is 25.7 Å². The molecule has 222 valence electrons. The van der Waals surface area contributed by atoms with Crippen LogP contribution < -0.4 is 15.4 Å². The van der Waals surface area contributed by atoms with Gasteiger partial charge in [-0.05, 0) is 66.8 Å². The molecule has 4 aromatic rings. The van der Waals surface area contributed by atoms with Crippen molar-refractivity contribution in [2.24, 2.45) is 0 Å². The number of hydrogen-bond donors (Lipinski definition) is 3. The fourth-order valence-corrected chi connectivity index (χ4v) is 5.00. The zero-order valence-electron chi connectivity index (χ0n) is 24.0. The predicted molar refractivity (Wildman–Crippen MR) is 160 cm³/mol. The first-order valence-corrected chi connectivity index (χ1v) is 14.2. The SMILES string of the molecule is COc1ccc2cc1C(=O)NCCCN(C(=O)c1cn(-c3ccccc3)nn1)CCCC(=O)NCCc1ccc(O)c-2c1. The van der Waals surface area contributed by atoms with Gasteiger partial charge in [0, 0.05) is 38.2 Å². The Labute approximate surface area is 249 Å². The first kappa shape index (κ1) is 29.3. The molecule has 4 bridgehead atoms. The number of aromatic nitrogens is 3. The number of carbonyl (C=O) groups excluding carboxylic acids is 3. The number of fused-ring (bicyclic) bond motifs is 5. The molecule has 2 heterocycles. The summed E-state index contributed by atoms with van der Waals surface area (Å²) in [6.07, 6.45) is 3.34. The number of phenolic OH excluding ortho intramolecular Hbond substituents is 1. The van der Waals surface area contributed by atoms with Gasteiger partial charge in [0.25, 0.3) is 11.8 Å². The summed E-state index contributed by atoms with van der Waals surface area (Å²) in [6.45, 7) is 1.41. The van der Waals surface area contributed by atoms with E-state index in [4.69, 9.17) is 4.74 Å². The monoisotopic (exact) mass is 582 g/mol. The highest BCUT2D eigenvalue weighted by Crippen LogP contribution is 2.33. The number of benzene rings is 3. The van der Waals surface area contributed by atoms with Gasteiger partial charge >= 0.3 is 0 Å². The van der Waals surface area contributed by atoms with Crippen molar-refractivity contribution in [1.29, 1.82) is 0 Å². The lowest BCUT2D eigenvalue weighted by Gasteiger charge is -2.22. The fourth-order valence-electron chi connectivity index (χ4n) is 5.00. The van der Waals surface area contributed by atoms with Gasteiger partial charge in [0.2, 0.25) is 5.91 Å². The maximum Gasteiger partial charge on any atom is 0.276 e. The minimum absolute atomic E-state index is 0.0868. The van der Waals surface area contributed by atoms with Crippen molar-refractivity contribution in [2.75, 3.05) is 33.3 Å². The Hall–Kier alpha value is -5.19. The summed E-state index contributed by atoms with van der Waals surface area (Å²) in [6, 6.07) is 19.8. The molecule has 1 aliphatic heterocycles. The van der Waals surface area contributed by atoms with E-state index in [1.807, 2.05) is 42.5 Å². The lowest BCUT2D eigenvalue weighted by Crippen LogP contribution is -2.36. The highest BCUT2D eigenvalue weighted by molar-refractivity contribution is 5.98. The van der Waals surface area contributed by atoms with Gasteiger partial charge in [-0.25, -0.2) is 4.68 Å². The average Bonchev–Trinajstić information content (AvgIpc) is 3.53. The Morgan fingerprint density at radius 3 is 2.53 bits per heavy atom. The van der Waals surface area contributed by atoms with Crippen molar-refractivity contribution in [3.63, 3.8) is 0 Å². The average molecular weight is 583 g/mol. The summed E-state index contributed by atoms with van der Waals surface area (Å²) >= 11 is 0. The number of nitrogens with one attached hydrogen (secondary N) is 2. The lowest BCUT2D eigenvalue weighted by atomic mass is 9.98. The van der Waals surface area contributed by atoms with E-state index in [2.05, 4.69) is 20.9 Å². The van der Waals surface area contributed by atoms with Crippen LogP contribution in [0.3, 0.4) is 0 Å². The lowest BCUT2D eigenvalue weighted by molar-refractivity contribution is -0.121. The number of methoxy groups -OCH3 is 1. The quantitative estimate of drug-likeness (QED) is 0.337. The fraction of sp³-hybridized carbons (Fsp3) is 0.281. The number of phenols is 1. The molecule has 5 rings (SSSR count). The summed E-state index contributed by atoms with van der Waals surface area (Å²) in [5.74, 6) is -0.238. The number of carbonyl (C=O) groups is 3. The molecule has 0 aliphatic carbocycles. The van der Waals surface area contributed by atoms with E-state index >= 15 is 0 Å². The van der Waals surface area contributed by atoms with Crippen LogP contribution in [0, 0.1) is 0 Å². The maximum atomic E-state index is 13.5. The van der Waals surface area contributed by atoms with E-state index in [0.29, 0.717) is 67.9 Å². The number of ether oxygens (including phenoxy) is 1. The normalized spacial score (nSPS) is 15.0. The molecular weight excluding hydrogens is 548 g/mol. The van der Waals surface area contributed by atoms with Crippen LogP contribution >= 0.6 is 0 Å². The van der Waals surface area contributed by atoms with Crippen LogP contribution in [0.4, 0.5) is 0 Å². The van der Waals surface area contributed by atoms with Gasteiger partial charge in [0.05, 0.1) is 24.6 Å². The zero-order valence-corrected chi connectivity index (χ0v) is 24.0. The third-order valence-corrected chi connectivity index (χ3v) is 7.29. The van der Waals surface area contributed by atoms with Crippen molar-refractivity contribution in [3.05, 3.63) is 89.7 Å². The largest absolute Gasteiger partial charge is 0.507 e. The van der Waals surface area contributed by atoms with Crippen molar-refractivity contribution in [1.82, 2.24) is 30.5 Å². The molecule has 0 fully saturated rings. The van der Waals surface area contributed by atoms with E-state index < -0.39 is 0 Å². The van der Waals surface area contributed by atoms with Gasteiger partial charge in [-0.15, -0.1) is 5.10 Å². The number of amides is 3. The van der Waals surface area contributed by atoms with Crippen LogP contribution in [0.25, 0.3) is 16.8 Å². The van der Waals surface area contributed by atoms with Crippen LogP contribution in [0.5, 0.6) is 11.5 Å². The summed E-state index contributed by atoms with van der Waals surface area (Å²) in [4.78, 5) is 40.9. The smallest absolute Gasteiger partial charge is 0.276 e. The molecule has 3 amide bonds. The number of nitrogens with zero attached hydrogens (tertiary/aromatic N) is 4. The first-order valence-electron chi connectivity index (χ1n) is 14.2. The molecule has 0 atom stereocenters. The molecule has 3 aromatic carbocycles.